The highest BCUT2D eigenvalue weighted by Crippen LogP contribution is 2.17. The van der Waals surface area contributed by atoms with Gasteiger partial charge in [0, 0.05) is 19.3 Å². The molecule has 52 valence electrons. The van der Waals surface area contributed by atoms with Gasteiger partial charge in [-0.1, -0.05) is 0 Å². The Labute approximate surface area is 58.4 Å². The molecule has 0 atom stereocenters. The number of aromatic amines is 1. The van der Waals surface area contributed by atoms with Crippen LogP contribution in [0, 0.1) is 0 Å². The Morgan fingerprint density at radius 2 is 2.40 bits per heavy atom. The lowest BCUT2D eigenvalue weighted by molar-refractivity contribution is 0.984. The Bertz CT molecular complexity index is 356. The van der Waals surface area contributed by atoms with E-state index in [9.17, 15) is 0 Å². The van der Waals surface area contributed by atoms with Gasteiger partial charge >= 0.3 is 0 Å². The van der Waals surface area contributed by atoms with Crippen LogP contribution in [0.2, 0.25) is 0 Å². The molecule has 2 heterocycles. The topological polar surface area (TPSA) is 46.7 Å². The molecule has 0 saturated carbocycles. The molecule has 0 aliphatic rings. The molecule has 2 aromatic rings. The smallest absolute Gasteiger partial charge is 0.105 e. The van der Waals surface area contributed by atoms with E-state index in [1.807, 2.05) is 29.9 Å². The summed E-state index contributed by atoms with van der Waals surface area (Å²) in [6, 6.07) is 3.93. The second kappa shape index (κ2) is 1.56. The lowest BCUT2D eigenvalue weighted by Crippen LogP contribution is -1.93. The molecule has 0 aliphatic heterocycles. The van der Waals surface area contributed by atoms with Crippen molar-refractivity contribution in [3.8, 4) is 0 Å². The van der Waals surface area contributed by atoms with E-state index >= 15 is 0 Å². The number of rotatable bonds is 0. The van der Waals surface area contributed by atoms with Crippen molar-refractivity contribution in [3.05, 3.63) is 18.3 Å². The predicted molar refractivity (Wildman–Crippen MR) is 41.7 cm³/mol. The molecule has 2 rings (SSSR count). The normalized spacial score (nSPS) is 10.9. The summed E-state index contributed by atoms with van der Waals surface area (Å²) >= 11 is 0. The lowest BCUT2D eigenvalue weighted by Gasteiger charge is -1.93. The van der Waals surface area contributed by atoms with Crippen LogP contribution in [-0.2, 0) is 7.05 Å². The number of hydrogen-bond acceptors (Lipinski definition) is 1. The third-order valence-electron chi connectivity index (χ3n) is 1.80. The molecule has 0 aromatic carbocycles. The molecule has 0 unspecified atom stereocenters. The maximum Gasteiger partial charge on any atom is 0.105 e. The number of nitrogens with zero attached hydrogens (tertiary/aromatic N) is 1. The summed E-state index contributed by atoms with van der Waals surface area (Å²) in [5.41, 5.74) is 7.89. The van der Waals surface area contributed by atoms with Crippen LogP contribution in [0.4, 0.5) is 5.82 Å². The van der Waals surface area contributed by atoms with Crippen LogP contribution in [0.5, 0.6) is 0 Å². The molecule has 3 nitrogen and oxygen atoms in total. The highest BCUT2D eigenvalue weighted by molar-refractivity contribution is 5.81. The average molecular weight is 135 g/mol. The van der Waals surface area contributed by atoms with E-state index in [1.54, 1.807) is 0 Å². The van der Waals surface area contributed by atoms with Gasteiger partial charge in [0.1, 0.15) is 5.82 Å². The second-order valence-electron chi connectivity index (χ2n) is 2.40. The van der Waals surface area contributed by atoms with Crippen molar-refractivity contribution in [2.45, 2.75) is 0 Å². The number of nitrogen functional groups attached to an aromatic ring is 1. The van der Waals surface area contributed by atoms with Gasteiger partial charge in [-0.15, -0.1) is 0 Å². The zero-order valence-corrected chi connectivity index (χ0v) is 5.76. The van der Waals surface area contributed by atoms with Crippen molar-refractivity contribution in [2.75, 3.05) is 5.73 Å². The Kier molecular flexibility index (Phi) is 0.845. The summed E-state index contributed by atoms with van der Waals surface area (Å²) in [5.74, 6) is 0.793. The fourth-order valence-corrected chi connectivity index (χ4v) is 1.17. The summed E-state index contributed by atoms with van der Waals surface area (Å²) < 4.78 is 1.95. The highest BCUT2D eigenvalue weighted by atomic mass is 15.0. The molecule has 3 heteroatoms. The maximum atomic E-state index is 5.64. The van der Waals surface area contributed by atoms with Gasteiger partial charge in [0.2, 0.25) is 0 Å². The Balaban J connectivity index is 2.95. The van der Waals surface area contributed by atoms with Gasteiger partial charge in [0.05, 0.1) is 11.0 Å². The van der Waals surface area contributed by atoms with E-state index in [-0.39, 0.29) is 0 Å². The largest absolute Gasteiger partial charge is 0.385 e. The van der Waals surface area contributed by atoms with Crippen LogP contribution in [0.15, 0.2) is 18.3 Å². The summed E-state index contributed by atoms with van der Waals surface area (Å²) in [5, 5.41) is 0. The van der Waals surface area contributed by atoms with Crippen LogP contribution in [0.3, 0.4) is 0 Å². The second-order valence-corrected chi connectivity index (χ2v) is 2.40. The molecular formula is C7H9N3. The van der Waals surface area contributed by atoms with Crippen molar-refractivity contribution in [1.29, 1.82) is 0 Å². The maximum absolute atomic E-state index is 5.64. The van der Waals surface area contributed by atoms with Gasteiger partial charge in [-0.05, 0) is 6.07 Å². The Morgan fingerprint density at radius 3 is 3.10 bits per heavy atom. The summed E-state index contributed by atoms with van der Waals surface area (Å²) in [6.07, 6.45) is 1.91. The first-order chi connectivity index (χ1) is 4.79. The molecule has 0 spiro atoms. The zero-order valence-electron chi connectivity index (χ0n) is 5.76. The Morgan fingerprint density at radius 1 is 1.60 bits per heavy atom. The molecule has 0 fully saturated rings. The van der Waals surface area contributed by atoms with E-state index in [4.69, 9.17) is 5.73 Å². The van der Waals surface area contributed by atoms with Gasteiger partial charge in [0.15, 0.2) is 0 Å². The van der Waals surface area contributed by atoms with Crippen molar-refractivity contribution in [1.82, 2.24) is 9.55 Å². The number of nitrogens with one attached hydrogen (secondary N) is 1. The summed E-state index contributed by atoms with van der Waals surface area (Å²) in [6.45, 7) is 0. The van der Waals surface area contributed by atoms with Crippen molar-refractivity contribution in [3.63, 3.8) is 0 Å². The van der Waals surface area contributed by atoms with Gasteiger partial charge in [-0.25, -0.2) is 0 Å². The van der Waals surface area contributed by atoms with Crippen LogP contribution in [0.1, 0.15) is 0 Å². The molecule has 3 N–H and O–H groups in total. The summed E-state index contributed by atoms with van der Waals surface area (Å²) in [4.78, 5) is 3.08. The lowest BCUT2D eigenvalue weighted by atomic mass is 10.5. The number of aryl methyl sites for hydroxylation is 1. The average Bonchev–Trinajstić information content (AvgIpc) is 2.41. The van der Waals surface area contributed by atoms with E-state index in [1.165, 1.54) is 0 Å². The standard InChI is InChI=1S/C7H9N3/c1-10-6-2-3-9-5(6)4-7(10)8/h2-4,9H,8H2,1H3. The summed E-state index contributed by atoms with van der Waals surface area (Å²) in [7, 11) is 1.95. The first-order valence-electron chi connectivity index (χ1n) is 3.17. The van der Waals surface area contributed by atoms with Crippen LogP contribution in [-0.4, -0.2) is 9.55 Å². The van der Waals surface area contributed by atoms with Crippen LogP contribution in [0.25, 0.3) is 11.0 Å². The van der Waals surface area contributed by atoms with Crippen LogP contribution >= 0.6 is 0 Å². The van der Waals surface area contributed by atoms with E-state index in [0.29, 0.717) is 0 Å². The molecule has 10 heavy (non-hydrogen) atoms. The molecule has 0 aliphatic carbocycles. The van der Waals surface area contributed by atoms with Gasteiger partial charge in [-0.2, -0.15) is 0 Å². The molecule has 0 radical (unpaired) electrons. The monoisotopic (exact) mass is 135 g/mol. The van der Waals surface area contributed by atoms with Gasteiger partial charge in [0.25, 0.3) is 0 Å². The molecule has 0 bridgehead atoms. The van der Waals surface area contributed by atoms with Crippen molar-refractivity contribution < 1.29 is 0 Å². The number of hydrogen-bond donors (Lipinski definition) is 2. The van der Waals surface area contributed by atoms with Gasteiger partial charge < -0.3 is 15.3 Å². The highest BCUT2D eigenvalue weighted by Gasteiger charge is 2.00. The van der Waals surface area contributed by atoms with Crippen molar-refractivity contribution >= 4 is 16.9 Å². The first-order valence-corrected chi connectivity index (χ1v) is 3.17. The fraction of sp³-hybridized carbons (Fsp3) is 0.143. The fourth-order valence-electron chi connectivity index (χ4n) is 1.17. The van der Waals surface area contributed by atoms with E-state index < -0.39 is 0 Å². The molecule has 2 aromatic heterocycles. The third kappa shape index (κ3) is 0.492. The minimum Gasteiger partial charge on any atom is -0.385 e. The van der Waals surface area contributed by atoms with Gasteiger partial charge in [-0.3, -0.25) is 0 Å². The molecule has 0 amide bonds. The number of fused-ring (bicyclic) bond motifs is 1. The minimum atomic E-state index is 0.793. The quantitative estimate of drug-likeness (QED) is 0.558. The number of anilines is 1. The predicted octanol–water partition coefficient (Wildman–Crippen LogP) is 1.09. The zero-order chi connectivity index (χ0) is 7.14. The minimum absolute atomic E-state index is 0.793. The number of H-pyrrole nitrogens is 1. The number of aromatic nitrogens is 2. The molecular weight excluding hydrogens is 126 g/mol. The van der Waals surface area contributed by atoms with Crippen molar-refractivity contribution in [2.24, 2.45) is 7.05 Å². The molecule has 0 saturated heterocycles. The van der Waals surface area contributed by atoms with E-state index in [0.717, 1.165) is 16.9 Å². The number of nitrogens with two attached hydrogens (primary N) is 1. The SMILES string of the molecule is Cn1c(N)cc2[nH]ccc21. The third-order valence-corrected chi connectivity index (χ3v) is 1.80. The van der Waals surface area contributed by atoms with E-state index in [2.05, 4.69) is 4.98 Å². The van der Waals surface area contributed by atoms with Crippen LogP contribution < -0.4 is 5.73 Å². The Hall–Kier alpha value is -1.38. The first kappa shape index (κ1) is 5.41.